The molecule has 1 aliphatic rings. The van der Waals surface area contributed by atoms with Crippen molar-refractivity contribution in [1.82, 2.24) is 9.97 Å². The minimum absolute atomic E-state index is 0.108. The van der Waals surface area contributed by atoms with Crippen LogP contribution in [0.4, 0.5) is 0 Å². The lowest BCUT2D eigenvalue weighted by atomic mass is 10.6. The van der Waals surface area contributed by atoms with Gasteiger partial charge in [0.15, 0.2) is 5.49 Å². The van der Waals surface area contributed by atoms with Crippen molar-refractivity contribution in [2.24, 2.45) is 9.98 Å². The van der Waals surface area contributed by atoms with Gasteiger partial charge in [0.25, 0.3) is 0 Å². The molecule has 1 aromatic heterocycles. The fourth-order valence-corrected chi connectivity index (χ4v) is 0.791. The maximum atomic E-state index is 10.6. The van der Waals surface area contributed by atoms with Crippen LogP contribution in [-0.2, 0) is 0 Å². The van der Waals surface area contributed by atoms with E-state index >= 15 is 0 Å². The van der Waals surface area contributed by atoms with E-state index in [4.69, 9.17) is 5.41 Å². The second-order valence-corrected chi connectivity index (χ2v) is 1.97. The van der Waals surface area contributed by atoms with Crippen molar-refractivity contribution in [1.29, 1.82) is 5.41 Å². The molecule has 0 radical (unpaired) electrons. The molecule has 0 atom stereocenters. The van der Waals surface area contributed by atoms with Crippen molar-refractivity contribution in [3.05, 3.63) is 27.5 Å². The average molecular weight is 149 g/mol. The Morgan fingerprint density at radius 3 is 3.09 bits per heavy atom. The number of guanidine groups is 1. The highest BCUT2D eigenvalue weighted by molar-refractivity contribution is 5.79. The maximum absolute atomic E-state index is 10.6. The number of rotatable bonds is 0. The van der Waals surface area contributed by atoms with Crippen LogP contribution in [0.25, 0.3) is 0 Å². The van der Waals surface area contributed by atoms with Crippen LogP contribution in [0.5, 0.6) is 0 Å². The van der Waals surface area contributed by atoms with Crippen LogP contribution < -0.4 is 16.5 Å². The van der Waals surface area contributed by atoms with Crippen molar-refractivity contribution in [3.8, 4) is 0 Å². The molecule has 6 heteroatoms. The fourth-order valence-electron chi connectivity index (χ4n) is 0.791. The van der Waals surface area contributed by atoms with E-state index in [1.54, 1.807) is 0 Å². The molecule has 2 heterocycles. The molecule has 11 heavy (non-hydrogen) atoms. The van der Waals surface area contributed by atoms with Crippen LogP contribution in [0.1, 0.15) is 0 Å². The summed E-state index contributed by atoms with van der Waals surface area (Å²) >= 11 is 0. The van der Waals surface area contributed by atoms with E-state index < -0.39 is 5.69 Å². The molecule has 54 valence electrons. The van der Waals surface area contributed by atoms with E-state index in [2.05, 4.69) is 20.0 Å². The zero-order valence-electron chi connectivity index (χ0n) is 5.33. The molecule has 0 spiro atoms. The Morgan fingerprint density at radius 1 is 1.45 bits per heavy atom. The van der Waals surface area contributed by atoms with Gasteiger partial charge in [0, 0.05) is 0 Å². The second-order valence-electron chi connectivity index (χ2n) is 1.97. The van der Waals surface area contributed by atoms with Crippen molar-refractivity contribution in [3.63, 3.8) is 0 Å². The minimum Gasteiger partial charge on any atom is -0.288 e. The number of H-pyrrole nitrogens is 1. The molecule has 0 unspecified atom stereocenters. The van der Waals surface area contributed by atoms with Crippen molar-refractivity contribution < 1.29 is 0 Å². The molecule has 0 aromatic carbocycles. The van der Waals surface area contributed by atoms with Gasteiger partial charge in [-0.15, -0.1) is 0 Å². The highest BCUT2D eigenvalue weighted by Gasteiger charge is 2.00. The largest absolute Gasteiger partial charge is 0.346 e. The lowest BCUT2D eigenvalue weighted by Crippen LogP contribution is -2.33. The molecule has 6 nitrogen and oxygen atoms in total. The molecule has 0 amide bonds. The van der Waals surface area contributed by atoms with Crippen molar-refractivity contribution in [2.45, 2.75) is 0 Å². The van der Waals surface area contributed by atoms with Gasteiger partial charge in [-0.25, -0.2) is 9.79 Å². The molecular weight excluding hydrogens is 146 g/mol. The number of nitrogens with zero attached hydrogens (tertiary/aromatic N) is 3. The Balaban J connectivity index is 3.00. The van der Waals surface area contributed by atoms with Gasteiger partial charge in [0.2, 0.25) is 5.96 Å². The first kappa shape index (κ1) is 5.90. The molecule has 0 bridgehead atoms. The van der Waals surface area contributed by atoms with Crippen molar-refractivity contribution >= 4 is 5.96 Å². The first-order valence-corrected chi connectivity index (χ1v) is 2.87. The normalized spacial score (nSPS) is 13.6. The smallest absolute Gasteiger partial charge is 0.288 e. The first-order chi connectivity index (χ1) is 5.25. The Morgan fingerprint density at radius 2 is 2.27 bits per heavy atom. The summed E-state index contributed by atoms with van der Waals surface area (Å²) in [4.78, 5) is 23.7. The number of fused-ring (bicyclic) bond motifs is 1. The Labute approximate surface area is 59.9 Å². The van der Waals surface area contributed by atoms with Gasteiger partial charge in [-0.1, -0.05) is 0 Å². The fraction of sp³-hybridized carbons (Fsp3) is 0. The van der Waals surface area contributed by atoms with E-state index in [0.717, 1.165) is 0 Å². The molecule has 2 rings (SSSR count). The van der Waals surface area contributed by atoms with Crippen LogP contribution in [0.2, 0.25) is 0 Å². The Kier molecular flexibility index (Phi) is 0.974. The van der Waals surface area contributed by atoms with Crippen LogP contribution in [0.15, 0.2) is 21.0 Å². The molecule has 0 saturated heterocycles. The number of nitrogens with one attached hydrogen (secondary N) is 2. The highest BCUT2D eigenvalue weighted by Crippen LogP contribution is 1.75. The summed E-state index contributed by atoms with van der Waals surface area (Å²) in [5, 5.41) is 7.46. The SMILES string of the molecule is N=C1N=c2cnc(=O)[nH]c2=N1. The number of aromatic nitrogens is 2. The van der Waals surface area contributed by atoms with Crippen LogP contribution in [0.3, 0.4) is 0 Å². The molecule has 0 fully saturated rings. The van der Waals surface area contributed by atoms with E-state index in [-0.39, 0.29) is 5.96 Å². The monoisotopic (exact) mass is 149 g/mol. The Bertz CT molecular complexity index is 484. The van der Waals surface area contributed by atoms with Gasteiger partial charge in [-0.2, -0.15) is 9.98 Å². The van der Waals surface area contributed by atoms with Crippen molar-refractivity contribution in [2.75, 3.05) is 0 Å². The minimum atomic E-state index is -0.475. The highest BCUT2D eigenvalue weighted by atomic mass is 16.1. The standard InChI is InChI=1S/C5H3N5O/c6-4-8-2-1-7-5(11)10-3(2)9-4/h1H,(H2,6,9,10,11). The first-order valence-electron chi connectivity index (χ1n) is 2.87. The van der Waals surface area contributed by atoms with Crippen LogP contribution in [-0.4, -0.2) is 15.9 Å². The lowest BCUT2D eigenvalue weighted by Gasteiger charge is -1.77. The average Bonchev–Trinajstić information content (AvgIpc) is 2.27. The van der Waals surface area contributed by atoms with Crippen LogP contribution in [0, 0.1) is 5.41 Å². The molecule has 0 aliphatic carbocycles. The third-order valence-corrected chi connectivity index (χ3v) is 1.22. The summed E-state index contributed by atoms with van der Waals surface area (Å²) in [6.45, 7) is 0. The number of hydrogen-bond acceptors (Lipinski definition) is 3. The topological polar surface area (TPSA) is 94.3 Å². The van der Waals surface area contributed by atoms with E-state index in [1.807, 2.05) is 0 Å². The van der Waals surface area contributed by atoms with E-state index in [1.165, 1.54) is 6.20 Å². The summed E-state index contributed by atoms with van der Waals surface area (Å²) in [7, 11) is 0. The second kappa shape index (κ2) is 1.82. The van der Waals surface area contributed by atoms with Gasteiger partial charge in [0.05, 0.1) is 6.20 Å². The van der Waals surface area contributed by atoms with Gasteiger partial charge >= 0.3 is 5.69 Å². The Hall–Kier alpha value is -1.85. The summed E-state index contributed by atoms with van der Waals surface area (Å²) in [5.41, 5.74) is -0.160. The predicted molar refractivity (Wildman–Crippen MR) is 34.9 cm³/mol. The molecule has 0 saturated carbocycles. The number of aromatic amines is 1. The molecule has 1 aromatic rings. The van der Waals surface area contributed by atoms with Crippen LogP contribution >= 0.6 is 0 Å². The summed E-state index contributed by atoms with van der Waals surface area (Å²) < 4.78 is 0. The predicted octanol–water partition coefficient (Wildman–Crippen LogP) is -2.04. The molecule has 2 N–H and O–H groups in total. The van der Waals surface area contributed by atoms with Gasteiger partial charge < -0.3 is 0 Å². The van der Waals surface area contributed by atoms with E-state index in [9.17, 15) is 4.79 Å². The number of hydrogen-bond donors (Lipinski definition) is 2. The summed E-state index contributed by atoms with van der Waals surface area (Å²) in [6, 6.07) is 0. The molecule has 1 aliphatic heterocycles. The van der Waals surface area contributed by atoms with Gasteiger partial charge in [0.1, 0.15) is 5.36 Å². The summed E-state index contributed by atoms with van der Waals surface area (Å²) in [5.74, 6) is -0.108. The van der Waals surface area contributed by atoms with Gasteiger partial charge in [-0.05, 0) is 0 Å². The van der Waals surface area contributed by atoms with E-state index in [0.29, 0.717) is 10.8 Å². The molecular formula is C5H3N5O. The zero-order valence-corrected chi connectivity index (χ0v) is 5.33. The third-order valence-electron chi connectivity index (χ3n) is 1.22. The quantitative estimate of drug-likeness (QED) is 0.444. The maximum Gasteiger partial charge on any atom is 0.346 e. The lowest BCUT2D eigenvalue weighted by molar-refractivity contribution is 0.988. The van der Waals surface area contributed by atoms with Gasteiger partial charge in [-0.3, -0.25) is 10.4 Å². The zero-order chi connectivity index (χ0) is 7.84. The third kappa shape index (κ3) is 0.841. The summed E-state index contributed by atoms with van der Waals surface area (Å²) in [6.07, 6.45) is 1.29.